The summed E-state index contributed by atoms with van der Waals surface area (Å²) in [6.07, 6.45) is 8.32. The van der Waals surface area contributed by atoms with Gasteiger partial charge in [0, 0.05) is 17.2 Å². The summed E-state index contributed by atoms with van der Waals surface area (Å²) in [5.41, 5.74) is 1.34. The lowest BCUT2D eigenvalue weighted by Crippen LogP contribution is -2.04. The van der Waals surface area contributed by atoms with Gasteiger partial charge in [-0.15, -0.1) is 0 Å². The molecule has 3 rings (SSSR count). The van der Waals surface area contributed by atoms with Crippen molar-refractivity contribution < 1.29 is 27.4 Å². The second-order valence-corrected chi connectivity index (χ2v) is 9.50. The summed E-state index contributed by atoms with van der Waals surface area (Å²) < 4.78 is 49.0. The molecule has 0 N–H and O–H groups in total. The SMILES string of the molecule is CCCCCCCCCCOc1ccc(C#Cc2ccc(OC(=O)/C=C/c3ccc(C(F)(F)F)cc3)cc2)cc1. The summed E-state index contributed by atoms with van der Waals surface area (Å²) >= 11 is 0. The van der Waals surface area contributed by atoms with Crippen LogP contribution >= 0.6 is 0 Å². The lowest BCUT2D eigenvalue weighted by molar-refractivity contribution is -0.137. The molecule has 0 aliphatic carbocycles. The smallest absolute Gasteiger partial charge is 0.416 e. The van der Waals surface area contributed by atoms with Gasteiger partial charge in [0.25, 0.3) is 0 Å². The normalized spacial score (nSPS) is 11.2. The van der Waals surface area contributed by atoms with E-state index in [9.17, 15) is 18.0 Å². The first kappa shape index (κ1) is 30.6. The molecule has 3 aromatic rings. The van der Waals surface area contributed by atoms with E-state index in [4.69, 9.17) is 9.47 Å². The van der Waals surface area contributed by atoms with Crippen LogP contribution in [-0.4, -0.2) is 12.6 Å². The van der Waals surface area contributed by atoms with Crippen LogP contribution in [0.2, 0.25) is 0 Å². The summed E-state index contributed by atoms with van der Waals surface area (Å²) in [6.45, 7) is 2.96. The highest BCUT2D eigenvalue weighted by atomic mass is 19.4. The van der Waals surface area contributed by atoms with Gasteiger partial charge in [-0.1, -0.05) is 75.8 Å². The van der Waals surface area contributed by atoms with Gasteiger partial charge in [-0.2, -0.15) is 13.2 Å². The molecule has 40 heavy (non-hydrogen) atoms. The zero-order valence-corrected chi connectivity index (χ0v) is 22.8. The van der Waals surface area contributed by atoms with Gasteiger partial charge < -0.3 is 9.47 Å². The van der Waals surface area contributed by atoms with Gasteiger partial charge in [0.05, 0.1) is 12.2 Å². The number of hydrogen-bond acceptors (Lipinski definition) is 3. The summed E-state index contributed by atoms with van der Waals surface area (Å²) in [5, 5.41) is 0. The topological polar surface area (TPSA) is 35.5 Å². The zero-order valence-electron chi connectivity index (χ0n) is 22.8. The number of halogens is 3. The minimum absolute atomic E-state index is 0.339. The number of ether oxygens (including phenoxy) is 2. The van der Waals surface area contributed by atoms with Crippen LogP contribution in [0, 0.1) is 11.8 Å². The Labute approximate surface area is 235 Å². The average molecular weight is 549 g/mol. The minimum atomic E-state index is -4.40. The van der Waals surface area contributed by atoms with Gasteiger partial charge in [-0.3, -0.25) is 0 Å². The quantitative estimate of drug-likeness (QED) is 0.0702. The Morgan fingerprint density at radius 3 is 1.80 bits per heavy atom. The Hall–Kier alpha value is -3.98. The molecule has 0 aliphatic rings. The molecule has 3 nitrogen and oxygen atoms in total. The van der Waals surface area contributed by atoms with Crippen molar-refractivity contribution in [3.8, 4) is 23.3 Å². The van der Waals surface area contributed by atoms with Crippen LogP contribution in [0.4, 0.5) is 13.2 Å². The van der Waals surface area contributed by atoms with Crippen LogP contribution in [0.15, 0.2) is 78.9 Å². The fourth-order valence-electron chi connectivity index (χ4n) is 3.91. The van der Waals surface area contributed by atoms with Gasteiger partial charge in [0.1, 0.15) is 11.5 Å². The molecule has 0 bridgehead atoms. The van der Waals surface area contributed by atoms with Crippen molar-refractivity contribution in [1.29, 1.82) is 0 Å². The molecule has 0 saturated carbocycles. The van der Waals surface area contributed by atoms with E-state index >= 15 is 0 Å². The van der Waals surface area contributed by atoms with E-state index in [-0.39, 0.29) is 0 Å². The van der Waals surface area contributed by atoms with Crippen LogP contribution in [-0.2, 0) is 11.0 Å². The molecule has 0 spiro atoms. The first-order valence-electron chi connectivity index (χ1n) is 13.8. The fraction of sp³-hybridized carbons (Fsp3) is 0.324. The van der Waals surface area contributed by atoms with E-state index < -0.39 is 17.7 Å². The summed E-state index contributed by atoms with van der Waals surface area (Å²) in [5.74, 6) is 6.73. The molecule has 0 unspecified atom stereocenters. The highest BCUT2D eigenvalue weighted by molar-refractivity contribution is 5.88. The maximum Gasteiger partial charge on any atom is 0.416 e. The number of unbranched alkanes of at least 4 members (excludes halogenated alkanes) is 7. The third-order valence-electron chi connectivity index (χ3n) is 6.19. The molecule has 0 heterocycles. The lowest BCUT2D eigenvalue weighted by Gasteiger charge is -2.06. The minimum Gasteiger partial charge on any atom is -0.494 e. The van der Waals surface area contributed by atoms with Gasteiger partial charge >= 0.3 is 12.1 Å². The highest BCUT2D eigenvalue weighted by Gasteiger charge is 2.29. The number of rotatable bonds is 13. The molecular formula is C34H35F3O3. The number of alkyl halides is 3. The van der Waals surface area contributed by atoms with Gasteiger partial charge in [0.2, 0.25) is 0 Å². The Bertz CT molecular complexity index is 1260. The molecule has 0 saturated heterocycles. The number of carbonyl (C=O) groups is 1. The van der Waals surface area contributed by atoms with Crippen LogP contribution in [0.1, 0.15) is 80.5 Å². The van der Waals surface area contributed by atoms with E-state index in [0.29, 0.717) is 11.3 Å². The Morgan fingerprint density at radius 1 is 0.725 bits per heavy atom. The van der Waals surface area contributed by atoms with Crippen molar-refractivity contribution in [3.05, 3.63) is 101 Å². The molecule has 0 aromatic heterocycles. The second-order valence-electron chi connectivity index (χ2n) is 9.50. The summed E-state index contributed by atoms with van der Waals surface area (Å²) in [4.78, 5) is 12.1. The van der Waals surface area contributed by atoms with Gasteiger partial charge in [-0.05, 0) is 78.7 Å². The standard InChI is InChI=1S/C34H35F3O3/c1-2-3-4-5-6-7-8-9-26-39-31-21-14-27(15-22-31)10-11-28-16-23-32(24-17-28)40-33(38)25-18-29-12-19-30(20-13-29)34(35,36)37/h12-25H,2-9,26H2,1H3/b25-18+. The number of hydrogen-bond donors (Lipinski definition) is 0. The third-order valence-corrected chi connectivity index (χ3v) is 6.19. The molecule has 0 amide bonds. The van der Waals surface area contributed by atoms with Crippen LogP contribution in [0.3, 0.4) is 0 Å². The van der Waals surface area contributed by atoms with Crippen molar-refractivity contribution in [1.82, 2.24) is 0 Å². The first-order valence-corrected chi connectivity index (χ1v) is 13.8. The predicted octanol–water partition coefficient (Wildman–Crippen LogP) is 9.24. The largest absolute Gasteiger partial charge is 0.494 e. The maximum atomic E-state index is 12.6. The van der Waals surface area contributed by atoms with Gasteiger partial charge in [0.15, 0.2) is 0 Å². The van der Waals surface area contributed by atoms with Crippen LogP contribution in [0.25, 0.3) is 6.08 Å². The van der Waals surface area contributed by atoms with E-state index in [1.807, 2.05) is 24.3 Å². The monoisotopic (exact) mass is 548 g/mol. The van der Waals surface area contributed by atoms with Crippen molar-refractivity contribution >= 4 is 12.0 Å². The first-order chi connectivity index (χ1) is 19.3. The highest BCUT2D eigenvalue weighted by Crippen LogP contribution is 2.29. The summed E-state index contributed by atoms with van der Waals surface area (Å²) in [6, 6.07) is 19.0. The molecule has 0 radical (unpaired) electrons. The van der Waals surface area contributed by atoms with Crippen LogP contribution < -0.4 is 9.47 Å². The molecule has 0 atom stereocenters. The maximum absolute atomic E-state index is 12.6. The van der Waals surface area contributed by atoms with Crippen molar-refractivity contribution in [2.45, 2.75) is 64.5 Å². The lowest BCUT2D eigenvalue weighted by atomic mass is 10.1. The molecular weight excluding hydrogens is 513 g/mol. The second kappa shape index (κ2) is 16.2. The summed E-state index contributed by atoms with van der Waals surface area (Å²) in [7, 11) is 0. The van der Waals surface area contributed by atoms with Crippen molar-refractivity contribution in [2.24, 2.45) is 0 Å². The molecule has 210 valence electrons. The number of esters is 1. The number of carbonyl (C=O) groups excluding carboxylic acids is 1. The van der Waals surface area contributed by atoms with E-state index in [1.165, 1.54) is 69.2 Å². The van der Waals surface area contributed by atoms with Crippen molar-refractivity contribution in [2.75, 3.05) is 6.61 Å². The molecule has 6 heteroatoms. The van der Waals surface area contributed by atoms with Crippen LogP contribution in [0.5, 0.6) is 11.5 Å². The third kappa shape index (κ3) is 11.4. The predicted molar refractivity (Wildman–Crippen MR) is 153 cm³/mol. The molecule has 3 aromatic carbocycles. The number of benzene rings is 3. The average Bonchev–Trinajstić information content (AvgIpc) is 2.95. The van der Waals surface area contributed by atoms with Gasteiger partial charge in [-0.25, -0.2) is 4.79 Å². The molecule has 0 fully saturated rings. The van der Waals surface area contributed by atoms with E-state index in [1.54, 1.807) is 24.3 Å². The Morgan fingerprint density at radius 2 is 1.25 bits per heavy atom. The molecule has 0 aliphatic heterocycles. The Balaban J connectivity index is 1.39. The fourth-order valence-corrected chi connectivity index (χ4v) is 3.91. The Kier molecular flexibility index (Phi) is 12.4. The van der Waals surface area contributed by atoms with E-state index in [2.05, 4.69) is 18.8 Å². The van der Waals surface area contributed by atoms with Crippen molar-refractivity contribution in [3.63, 3.8) is 0 Å². The zero-order chi connectivity index (χ0) is 28.6. The van der Waals surface area contributed by atoms with E-state index in [0.717, 1.165) is 42.0 Å².